The van der Waals surface area contributed by atoms with Crippen LogP contribution in [0.15, 0.2) is 54.6 Å². The number of benzene rings is 2. The largest absolute Gasteiger partial charge is 0.497 e. The topological polar surface area (TPSA) is 36.0 Å². The zero-order valence-electron chi connectivity index (χ0n) is 22.1. The van der Waals surface area contributed by atoms with Crippen molar-refractivity contribution in [1.82, 2.24) is 14.7 Å². The molecule has 1 aliphatic heterocycles. The van der Waals surface area contributed by atoms with E-state index in [2.05, 4.69) is 64.2 Å². The van der Waals surface area contributed by atoms with E-state index in [4.69, 9.17) is 4.74 Å². The van der Waals surface area contributed by atoms with Crippen molar-refractivity contribution in [2.24, 2.45) is 5.92 Å². The molecule has 1 amide bonds. The molecule has 0 aromatic heterocycles. The number of hydrogen-bond acceptors (Lipinski definition) is 4. The van der Waals surface area contributed by atoms with Gasteiger partial charge in [-0.1, -0.05) is 55.3 Å². The molecule has 0 N–H and O–H groups in total. The van der Waals surface area contributed by atoms with Gasteiger partial charge in [0.25, 0.3) is 0 Å². The number of nitrogens with zero attached hydrogens (tertiary/aromatic N) is 3. The Hall–Kier alpha value is -2.37. The zero-order valence-corrected chi connectivity index (χ0v) is 22.1. The second kappa shape index (κ2) is 11.8. The Labute approximate surface area is 217 Å². The standard InChI is InChI=1S/C31H43N3O2/c1-32(21-24-9-4-3-5-10-24)23-30(31(35)33-20-8-12-26-11-6-7-13-29(26)33)34(27-16-17-27)22-25-14-18-28(36-2)19-15-25/h3-5,9-10,14-15,18-19,26-27,29-30H,6-8,11-13,16-17,20-23H2,1-2H3/t26-,29+,30-/m1/s1. The lowest BCUT2D eigenvalue weighted by Crippen LogP contribution is -2.59. The lowest BCUT2D eigenvalue weighted by molar-refractivity contribution is -0.145. The summed E-state index contributed by atoms with van der Waals surface area (Å²) in [6.45, 7) is 3.36. The van der Waals surface area contributed by atoms with Crippen molar-refractivity contribution in [3.63, 3.8) is 0 Å². The van der Waals surface area contributed by atoms with Crippen LogP contribution in [0, 0.1) is 5.92 Å². The number of piperidine rings is 1. The van der Waals surface area contributed by atoms with Crippen molar-refractivity contribution in [3.05, 3.63) is 65.7 Å². The molecule has 0 unspecified atom stereocenters. The van der Waals surface area contributed by atoms with Crippen molar-refractivity contribution >= 4 is 5.91 Å². The normalized spacial score (nSPS) is 22.9. The van der Waals surface area contributed by atoms with Gasteiger partial charge >= 0.3 is 0 Å². The van der Waals surface area contributed by atoms with E-state index in [0.29, 0.717) is 23.9 Å². The number of methoxy groups -OCH3 is 1. The van der Waals surface area contributed by atoms with Crippen LogP contribution in [0.3, 0.4) is 0 Å². The fourth-order valence-corrected chi connectivity index (χ4v) is 6.51. The smallest absolute Gasteiger partial charge is 0.241 e. The summed E-state index contributed by atoms with van der Waals surface area (Å²) in [5.74, 6) is 1.95. The highest BCUT2D eigenvalue weighted by atomic mass is 16.5. The summed E-state index contributed by atoms with van der Waals surface area (Å²) < 4.78 is 5.38. The van der Waals surface area contributed by atoms with Crippen LogP contribution in [0.2, 0.25) is 0 Å². The predicted molar refractivity (Wildman–Crippen MR) is 145 cm³/mol. The third-order valence-electron chi connectivity index (χ3n) is 8.53. The third-order valence-corrected chi connectivity index (χ3v) is 8.53. The molecule has 2 saturated carbocycles. The molecule has 3 aliphatic rings. The van der Waals surface area contributed by atoms with E-state index in [1.54, 1.807) is 7.11 Å². The van der Waals surface area contributed by atoms with Crippen molar-refractivity contribution in [2.75, 3.05) is 27.2 Å². The predicted octanol–water partition coefficient (Wildman–Crippen LogP) is 5.34. The molecule has 2 aromatic carbocycles. The fraction of sp³-hybridized carbons (Fsp3) is 0.581. The maximum Gasteiger partial charge on any atom is 0.241 e. The highest BCUT2D eigenvalue weighted by Crippen LogP contribution is 2.37. The summed E-state index contributed by atoms with van der Waals surface area (Å²) in [5.41, 5.74) is 2.55. The third kappa shape index (κ3) is 6.12. The molecular weight excluding hydrogens is 446 g/mol. The summed E-state index contributed by atoms with van der Waals surface area (Å²) in [6, 6.07) is 19.8. The Morgan fingerprint density at radius 1 is 0.917 bits per heavy atom. The summed E-state index contributed by atoms with van der Waals surface area (Å²) in [6.07, 6.45) is 9.91. The van der Waals surface area contributed by atoms with Crippen LogP contribution in [-0.2, 0) is 17.9 Å². The molecule has 5 nitrogen and oxygen atoms in total. The van der Waals surface area contributed by atoms with Gasteiger partial charge in [0.05, 0.1) is 7.11 Å². The van der Waals surface area contributed by atoms with E-state index in [0.717, 1.165) is 38.3 Å². The Morgan fingerprint density at radius 3 is 2.33 bits per heavy atom. The fourth-order valence-electron chi connectivity index (χ4n) is 6.51. The van der Waals surface area contributed by atoms with Crippen molar-refractivity contribution in [2.45, 2.75) is 82.6 Å². The number of hydrogen-bond donors (Lipinski definition) is 0. The second-order valence-electron chi connectivity index (χ2n) is 11.2. The maximum atomic E-state index is 14.4. The van der Waals surface area contributed by atoms with E-state index in [-0.39, 0.29) is 6.04 Å². The number of carbonyl (C=O) groups excluding carboxylic acids is 1. The highest BCUT2D eigenvalue weighted by molar-refractivity contribution is 5.83. The minimum atomic E-state index is -0.117. The molecule has 36 heavy (non-hydrogen) atoms. The molecule has 5 rings (SSSR count). The van der Waals surface area contributed by atoms with Gasteiger partial charge in [-0.15, -0.1) is 0 Å². The van der Waals surface area contributed by atoms with Gasteiger partial charge in [0.15, 0.2) is 0 Å². The first kappa shape index (κ1) is 25.3. The van der Waals surface area contributed by atoms with Crippen LogP contribution >= 0.6 is 0 Å². The lowest BCUT2D eigenvalue weighted by Gasteiger charge is -2.47. The van der Waals surface area contributed by atoms with Gasteiger partial charge in [-0.05, 0) is 74.8 Å². The lowest BCUT2D eigenvalue weighted by atomic mass is 9.78. The molecule has 0 spiro atoms. The molecule has 3 atom stereocenters. The monoisotopic (exact) mass is 489 g/mol. The first-order valence-corrected chi connectivity index (χ1v) is 14.0. The number of amides is 1. The zero-order chi connectivity index (χ0) is 24.9. The number of likely N-dealkylation sites (N-methyl/N-ethyl adjacent to an activating group) is 1. The van der Waals surface area contributed by atoms with Crippen LogP contribution in [0.1, 0.15) is 62.5 Å². The Morgan fingerprint density at radius 2 is 1.61 bits per heavy atom. The summed E-state index contributed by atoms with van der Waals surface area (Å²) in [7, 11) is 3.88. The summed E-state index contributed by atoms with van der Waals surface area (Å²) in [5, 5.41) is 0. The van der Waals surface area contributed by atoms with Crippen LogP contribution in [0.5, 0.6) is 5.75 Å². The van der Waals surface area contributed by atoms with Gasteiger partial charge in [-0.2, -0.15) is 0 Å². The molecule has 0 radical (unpaired) electrons. The average molecular weight is 490 g/mol. The molecule has 3 fully saturated rings. The van der Waals surface area contributed by atoms with Gasteiger partial charge in [-0.3, -0.25) is 9.69 Å². The summed E-state index contributed by atoms with van der Waals surface area (Å²) >= 11 is 0. The Kier molecular flexibility index (Phi) is 8.28. The first-order chi connectivity index (χ1) is 17.6. The van der Waals surface area contributed by atoms with E-state index in [9.17, 15) is 4.79 Å². The number of fused-ring (bicyclic) bond motifs is 1. The Balaban J connectivity index is 1.39. The van der Waals surface area contributed by atoms with Gasteiger partial charge in [0, 0.05) is 38.3 Å². The molecule has 2 aromatic rings. The van der Waals surface area contributed by atoms with Crippen LogP contribution < -0.4 is 4.74 Å². The molecule has 1 saturated heterocycles. The molecule has 194 valence electrons. The van der Waals surface area contributed by atoms with Crippen LogP contribution in [0.25, 0.3) is 0 Å². The highest BCUT2D eigenvalue weighted by Gasteiger charge is 2.43. The number of rotatable bonds is 10. The van der Waals surface area contributed by atoms with E-state index < -0.39 is 0 Å². The van der Waals surface area contributed by atoms with E-state index >= 15 is 0 Å². The molecular formula is C31H43N3O2. The average Bonchev–Trinajstić information content (AvgIpc) is 3.76. The minimum absolute atomic E-state index is 0.117. The van der Waals surface area contributed by atoms with E-state index in [1.807, 2.05) is 12.1 Å². The number of ether oxygens (including phenoxy) is 1. The summed E-state index contributed by atoms with van der Waals surface area (Å²) in [4.78, 5) is 21.6. The maximum absolute atomic E-state index is 14.4. The molecule has 2 aliphatic carbocycles. The minimum Gasteiger partial charge on any atom is -0.497 e. The van der Waals surface area contributed by atoms with Crippen molar-refractivity contribution in [3.8, 4) is 5.75 Å². The van der Waals surface area contributed by atoms with E-state index in [1.165, 1.54) is 56.1 Å². The Bertz CT molecular complexity index is 973. The molecule has 0 bridgehead atoms. The number of likely N-dealkylation sites (tertiary alicyclic amines) is 1. The van der Waals surface area contributed by atoms with Crippen LogP contribution in [0.4, 0.5) is 0 Å². The number of carbonyl (C=O) groups is 1. The first-order valence-electron chi connectivity index (χ1n) is 14.0. The second-order valence-corrected chi connectivity index (χ2v) is 11.2. The van der Waals surface area contributed by atoms with Gasteiger partial charge < -0.3 is 14.5 Å². The molecule has 1 heterocycles. The van der Waals surface area contributed by atoms with Gasteiger partial charge in [0.1, 0.15) is 11.8 Å². The van der Waals surface area contributed by atoms with Gasteiger partial charge in [0.2, 0.25) is 5.91 Å². The SMILES string of the molecule is COc1ccc(CN(C2CC2)[C@H](CN(C)Cc2ccccc2)C(=O)N2CCC[C@H]3CCCC[C@@H]32)cc1. The molecule has 5 heteroatoms. The van der Waals surface area contributed by atoms with Crippen LogP contribution in [-0.4, -0.2) is 66.0 Å². The van der Waals surface area contributed by atoms with Crippen molar-refractivity contribution < 1.29 is 9.53 Å². The van der Waals surface area contributed by atoms with Gasteiger partial charge in [-0.25, -0.2) is 0 Å². The quantitative estimate of drug-likeness (QED) is 0.451. The van der Waals surface area contributed by atoms with Crippen molar-refractivity contribution in [1.29, 1.82) is 0 Å².